The first-order valence-electron chi connectivity index (χ1n) is 8.01. The zero-order valence-electron chi connectivity index (χ0n) is 14.0. The van der Waals surface area contributed by atoms with Crippen molar-refractivity contribution < 1.29 is 18.1 Å². The second-order valence-electron chi connectivity index (χ2n) is 6.01. The summed E-state index contributed by atoms with van der Waals surface area (Å²) < 4.78 is 32.2. The Morgan fingerprint density at radius 3 is 2.46 bits per heavy atom. The maximum atomic E-state index is 12.6. The summed E-state index contributed by atoms with van der Waals surface area (Å²) in [5, 5.41) is 12.0. The lowest BCUT2D eigenvalue weighted by Gasteiger charge is -2.16. The molecule has 0 N–H and O–H groups in total. The van der Waals surface area contributed by atoms with Gasteiger partial charge in [0.05, 0.1) is 9.82 Å². The molecule has 0 amide bonds. The van der Waals surface area contributed by atoms with E-state index in [1.54, 1.807) is 25.1 Å². The van der Waals surface area contributed by atoms with E-state index in [0.717, 1.165) is 24.5 Å². The van der Waals surface area contributed by atoms with Crippen LogP contribution in [-0.4, -0.2) is 30.7 Å². The van der Waals surface area contributed by atoms with E-state index in [4.69, 9.17) is 16.3 Å². The number of nitro groups is 1. The van der Waals surface area contributed by atoms with E-state index in [2.05, 4.69) is 0 Å². The quantitative estimate of drug-likeness (QED) is 0.559. The molecule has 0 saturated carbocycles. The van der Waals surface area contributed by atoms with Crippen molar-refractivity contribution in [1.82, 2.24) is 4.31 Å². The summed E-state index contributed by atoms with van der Waals surface area (Å²) in [7, 11) is -3.74. The molecule has 1 heterocycles. The maximum absolute atomic E-state index is 12.6. The molecule has 0 unspecified atom stereocenters. The first kappa shape index (κ1) is 18.6. The number of rotatable bonds is 5. The van der Waals surface area contributed by atoms with Gasteiger partial charge in [-0.25, -0.2) is 8.42 Å². The molecule has 1 aliphatic rings. The molecule has 0 radical (unpaired) electrons. The Labute approximate surface area is 156 Å². The zero-order valence-corrected chi connectivity index (χ0v) is 15.6. The SMILES string of the molecule is Cc1cc(Oc2ccc(S(=O)(=O)N3CCCC3)cc2[N+](=O)[O-])ccc1Cl. The van der Waals surface area contributed by atoms with Crippen molar-refractivity contribution in [1.29, 1.82) is 0 Å². The fourth-order valence-corrected chi connectivity index (χ4v) is 4.43. The zero-order chi connectivity index (χ0) is 18.9. The predicted octanol–water partition coefficient (Wildman–Crippen LogP) is 4.13. The number of benzene rings is 2. The average molecular weight is 397 g/mol. The van der Waals surface area contributed by atoms with Crippen molar-refractivity contribution in [2.45, 2.75) is 24.7 Å². The number of aryl methyl sites for hydroxylation is 1. The molecule has 2 aromatic rings. The number of halogens is 1. The Bertz CT molecular complexity index is 956. The molecule has 1 fully saturated rings. The Kier molecular flexibility index (Phi) is 5.17. The van der Waals surface area contributed by atoms with E-state index in [0.29, 0.717) is 23.9 Å². The van der Waals surface area contributed by atoms with Gasteiger partial charge in [0.1, 0.15) is 5.75 Å². The minimum Gasteiger partial charge on any atom is -0.450 e. The number of nitro benzene ring substituents is 1. The van der Waals surface area contributed by atoms with Crippen molar-refractivity contribution in [3.8, 4) is 11.5 Å². The van der Waals surface area contributed by atoms with E-state index in [1.165, 1.54) is 16.4 Å². The second kappa shape index (κ2) is 7.22. The largest absolute Gasteiger partial charge is 0.450 e. The van der Waals surface area contributed by atoms with Crippen molar-refractivity contribution in [3.05, 3.63) is 57.1 Å². The van der Waals surface area contributed by atoms with Gasteiger partial charge in [0.15, 0.2) is 0 Å². The highest BCUT2D eigenvalue weighted by Gasteiger charge is 2.30. The number of nitrogens with zero attached hydrogens (tertiary/aromatic N) is 2. The molecule has 0 bridgehead atoms. The standard InChI is InChI=1S/C17H17ClN2O5S/c1-12-10-13(4-6-15(12)18)25-17-7-5-14(11-16(17)20(21)22)26(23,24)19-8-2-3-9-19/h4-7,10-11H,2-3,8-9H2,1H3. The fraction of sp³-hybridized carbons (Fsp3) is 0.294. The van der Waals surface area contributed by atoms with Gasteiger partial charge in [0.25, 0.3) is 0 Å². The molecule has 7 nitrogen and oxygen atoms in total. The summed E-state index contributed by atoms with van der Waals surface area (Å²) in [5.74, 6) is 0.349. The van der Waals surface area contributed by atoms with Crippen LogP contribution in [0.25, 0.3) is 0 Å². The van der Waals surface area contributed by atoms with Gasteiger partial charge in [-0.3, -0.25) is 10.1 Å². The molecule has 2 aromatic carbocycles. The third-order valence-corrected chi connectivity index (χ3v) is 6.51. The monoisotopic (exact) mass is 396 g/mol. The van der Waals surface area contributed by atoms with Crippen molar-refractivity contribution in [2.24, 2.45) is 0 Å². The van der Waals surface area contributed by atoms with Crippen LogP contribution in [0.4, 0.5) is 5.69 Å². The van der Waals surface area contributed by atoms with Crippen LogP contribution < -0.4 is 4.74 Å². The minimum absolute atomic E-state index is 0.0305. The van der Waals surface area contributed by atoms with Crippen molar-refractivity contribution in [2.75, 3.05) is 13.1 Å². The van der Waals surface area contributed by atoms with E-state index in [1.807, 2.05) is 0 Å². The van der Waals surface area contributed by atoms with E-state index >= 15 is 0 Å². The van der Waals surface area contributed by atoms with Gasteiger partial charge in [-0.05, 0) is 55.7 Å². The lowest BCUT2D eigenvalue weighted by Crippen LogP contribution is -2.27. The number of hydrogen-bond acceptors (Lipinski definition) is 5. The summed E-state index contributed by atoms with van der Waals surface area (Å²) in [6, 6.07) is 8.56. The van der Waals surface area contributed by atoms with Crippen LogP contribution in [0.1, 0.15) is 18.4 Å². The Hall–Kier alpha value is -2.16. The van der Waals surface area contributed by atoms with Crippen LogP contribution in [0.15, 0.2) is 41.3 Å². The highest BCUT2D eigenvalue weighted by molar-refractivity contribution is 7.89. The fourth-order valence-electron chi connectivity index (χ4n) is 2.77. The Balaban J connectivity index is 1.97. The molecule has 9 heteroatoms. The Morgan fingerprint density at radius 1 is 1.15 bits per heavy atom. The molecular formula is C17H17ClN2O5S. The van der Waals surface area contributed by atoms with Crippen LogP contribution in [0.2, 0.25) is 5.02 Å². The van der Waals surface area contributed by atoms with Gasteiger partial charge >= 0.3 is 5.69 Å². The highest BCUT2D eigenvalue weighted by Crippen LogP contribution is 2.35. The molecule has 0 atom stereocenters. The number of hydrogen-bond donors (Lipinski definition) is 0. The van der Waals surface area contributed by atoms with Crippen LogP contribution >= 0.6 is 11.6 Å². The van der Waals surface area contributed by atoms with Crippen LogP contribution in [-0.2, 0) is 10.0 Å². The van der Waals surface area contributed by atoms with Crippen LogP contribution in [0.3, 0.4) is 0 Å². The van der Waals surface area contributed by atoms with E-state index < -0.39 is 20.6 Å². The van der Waals surface area contributed by atoms with E-state index in [9.17, 15) is 18.5 Å². The summed E-state index contributed by atoms with van der Waals surface area (Å²) in [6.07, 6.45) is 1.58. The smallest absolute Gasteiger partial charge is 0.312 e. The third-order valence-electron chi connectivity index (χ3n) is 4.19. The molecular weight excluding hydrogens is 380 g/mol. The van der Waals surface area contributed by atoms with E-state index in [-0.39, 0.29) is 10.6 Å². The van der Waals surface area contributed by atoms with Gasteiger partial charge in [-0.1, -0.05) is 11.6 Å². The first-order chi connectivity index (χ1) is 12.3. The molecule has 138 valence electrons. The number of ether oxygens (including phenoxy) is 1. The second-order valence-corrected chi connectivity index (χ2v) is 8.36. The average Bonchev–Trinajstić information content (AvgIpc) is 3.13. The molecule has 3 rings (SSSR count). The summed E-state index contributed by atoms with van der Waals surface area (Å²) in [5.41, 5.74) is 0.359. The number of sulfonamides is 1. The lowest BCUT2D eigenvalue weighted by molar-refractivity contribution is -0.385. The van der Waals surface area contributed by atoms with Gasteiger partial charge in [0, 0.05) is 24.2 Å². The summed E-state index contributed by atoms with van der Waals surface area (Å²) in [6.45, 7) is 2.65. The van der Waals surface area contributed by atoms with Crippen LogP contribution in [0.5, 0.6) is 11.5 Å². The summed E-state index contributed by atoms with van der Waals surface area (Å²) >= 11 is 5.96. The third kappa shape index (κ3) is 3.67. The first-order valence-corrected chi connectivity index (χ1v) is 9.83. The van der Waals surface area contributed by atoms with Crippen LogP contribution in [0, 0.1) is 17.0 Å². The van der Waals surface area contributed by atoms with Gasteiger partial charge < -0.3 is 4.74 Å². The highest BCUT2D eigenvalue weighted by atomic mass is 35.5. The normalized spacial score (nSPS) is 15.2. The predicted molar refractivity (Wildman–Crippen MR) is 97.4 cm³/mol. The molecule has 0 spiro atoms. The molecule has 1 saturated heterocycles. The Morgan fingerprint density at radius 2 is 1.85 bits per heavy atom. The van der Waals surface area contributed by atoms with Gasteiger partial charge in [-0.15, -0.1) is 0 Å². The molecule has 0 aromatic heterocycles. The topological polar surface area (TPSA) is 89.8 Å². The van der Waals surface area contributed by atoms with Crippen molar-refractivity contribution >= 4 is 27.3 Å². The van der Waals surface area contributed by atoms with Gasteiger partial charge in [0.2, 0.25) is 15.8 Å². The molecule has 26 heavy (non-hydrogen) atoms. The van der Waals surface area contributed by atoms with Gasteiger partial charge in [-0.2, -0.15) is 4.31 Å². The minimum atomic E-state index is -3.74. The maximum Gasteiger partial charge on any atom is 0.312 e. The summed E-state index contributed by atoms with van der Waals surface area (Å²) in [4.78, 5) is 10.7. The van der Waals surface area contributed by atoms with Crippen molar-refractivity contribution in [3.63, 3.8) is 0 Å². The molecule has 1 aliphatic heterocycles. The lowest BCUT2D eigenvalue weighted by atomic mass is 10.2. The molecule has 0 aliphatic carbocycles.